The molecule has 3 heteroatoms. The number of rotatable bonds is 3. The van der Waals surface area contributed by atoms with Gasteiger partial charge in [-0.3, -0.25) is 4.90 Å². The van der Waals surface area contributed by atoms with Gasteiger partial charge in [0.05, 0.1) is 4.99 Å². The lowest BCUT2D eigenvalue weighted by Gasteiger charge is -2.27. The van der Waals surface area contributed by atoms with E-state index in [-0.39, 0.29) is 0 Å². The largest absolute Gasteiger partial charge is 0.393 e. The third kappa shape index (κ3) is 3.44. The molecular formula is C10H18N2S. The molecule has 1 rings (SSSR count). The highest BCUT2D eigenvalue weighted by molar-refractivity contribution is 7.80. The Morgan fingerprint density at radius 2 is 2.46 bits per heavy atom. The molecule has 1 aliphatic heterocycles. The van der Waals surface area contributed by atoms with Crippen molar-refractivity contribution in [1.29, 1.82) is 0 Å². The van der Waals surface area contributed by atoms with E-state index in [9.17, 15) is 0 Å². The molecule has 1 aliphatic rings. The number of hydrogen-bond donors (Lipinski definition) is 1. The lowest BCUT2D eigenvalue weighted by Crippen LogP contribution is -2.36. The highest BCUT2D eigenvalue weighted by Crippen LogP contribution is 2.11. The van der Waals surface area contributed by atoms with Crippen LogP contribution in [-0.4, -0.2) is 29.5 Å². The van der Waals surface area contributed by atoms with E-state index in [4.69, 9.17) is 18.0 Å². The van der Waals surface area contributed by atoms with Crippen LogP contribution in [0.25, 0.3) is 0 Å². The fourth-order valence-corrected chi connectivity index (χ4v) is 1.53. The van der Waals surface area contributed by atoms with Gasteiger partial charge in [0, 0.05) is 25.6 Å². The van der Waals surface area contributed by atoms with Gasteiger partial charge >= 0.3 is 0 Å². The van der Waals surface area contributed by atoms with E-state index >= 15 is 0 Å². The molecule has 0 aromatic rings. The second kappa shape index (κ2) is 4.72. The van der Waals surface area contributed by atoms with Crippen molar-refractivity contribution in [3.8, 4) is 0 Å². The molecule has 1 atom stereocenters. The van der Waals surface area contributed by atoms with Gasteiger partial charge in [0.25, 0.3) is 0 Å². The van der Waals surface area contributed by atoms with Crippen LogP contribution in [0.4, 0.5) is 0 Å². The Balaban J connectivity index is 2.35. The minimum Gasteiger partial charge on any atom is -0.393 e. The summed E-state index contributed by atoms with van der Waals surface area (Å²) >= 11 is 4.95. The predicted molar refractivity (Wildman–Crippen MR) is 60.8 cm³/mol. The van der Waals surface area contributed by atoms with Crippen LogP contribution in [0.5, 0.6) is 0 Å². The maximum absolute atomic E-state index is 5.57. The van der Waals surface area contributed by atoms with Crippen LogP contribution >= 0.6 is 12.2 Å². The van der Waals surface area contributed by atoms with E-state index in [0.29, 0.717) is 10.9 Å². The summed E-state index contributed by atoms with van der Waals surface area (Å²) in [5.74, 6) is 0.335. The maximum Gasteiger partial charge on any atom is 0.0768 e. The Bertz CT molecular complexity index is 223. The summed E-state index contributed by atoms with van der Waals surface area (Å²) in [7, 11) is 0. The average Bonchev–Trinajstić information content (AvgIpc) is 2.08. The highest BCUT2D eigenvalue weighted by atomic mass is 32.1. The van der Waals surface area contributed by atoms with Crippen LogP contribution in [0.3, 0.4) is 0 Å². The molecule has 0 aromatic heterocycles. The number of nitrogens with two attached hydrogens (primary N) is 1. The lowest BCUT2D eigenvalue weighted by molar-refractivity contribution is 0.278. The number of thiocarbonyl (C=S) groups is 1. The lowest BCUT2D eigenvalue weighted by atomic mass is 10.1. The molecule has 0 aromatic carbocycles. The van der Waals surface area contributed by atoms with Gasteiger partial charge in [0.2, 0.25) is 0 Å². The summed E-state index contributed by atoms with van der Waals surface area (Å²) in [4.78, 5) is 3.03. The van der Waals surface area contributed by atoms with Crippen molar-refractivity contribution < 1.29 is 0 Å². The second-order valence-corrected chi connectivity index (χ2v) is 4.33. The SMILES string of the molecule is CC1=CCN(CC(C)C(N)=S)CC1. The van der Waals surface area contributed by atoms with E-state index in [1.165, 1.54) is 12.0 Å². The molecule has 0 amide bonds. The highest BCUT2D eigenvalue weighted by Gasteiger charge is 2.13. The smallest absolute Gasteiger partial charge is 0.0768 e. The van der Waals surface area contributed by atoms with Crippen molar-refractivity contribution in [3.63, 3.8) is 0 Å². The van der Waals surface area contributed by atoms with Gasteiger partial charge in [0.1, 0.15) is 0 Å². The monoisotopic (exact) mass is 198 g/mol. The van der Waals surface area contributed by atoms with Crippen molar-refractivity contribution in [3.05, 3.63) is 11.6 Å². The fraction of sp³-hybridized carbons (Fsp3) is 0.700. The van der Waals surface area contributed by atoms with Crippen LogP contribution in [0.2, 0.25) is 0 Å². The number of hydrogen-bond acceptors (Lipinski definition) is 2. The zero-order chi connectivity index (χ0) is 9.84. The van der Waals surface area contributed by atoms with Gasteiger partial charge in [-0.1, -0.05) is 30.8 Å². The topological polar surface area (TPSA) is 29.3 Å². The van der Waals surface area contributed by atoms with Crippen molar-refractivity contribution >= 4 is 17.2 Å². The molecular weight excluding hydrogens is 180 g/mol. The maximum atomic E-state index is 5.57. The average molecular weight is 198 g/mol. The Hall–Kier alpha value is -0.410. The standard InChI is InChI=1S/C10H18N2S/c1-8-3-5-12(6-4-8)7-9(2)10(11)13/h3,9H,4-7H2,1-2H3,(H2,11,13). The second-order valence-electron chi connectivity index (χ2n) is 3.86. The molecule has 74 valence electrons. The minimum absolute atomic E-state index is 0.335. The molecule has 0 aliphatic carbocycles. The Kier molecular flexibility index (Phi) is 3.88. The zero-order valence-electron chi connectivity index (χ0n) is 8.42. The summed E-state index contributed by atoms with van der Waals surface area (Å²) < 4.78 is 0. The molecule has 0 spiro atoms. The molecule has 0 saturated heterocycles. The molecule has 2 nitrogen and oxygen atoms in total. The van der Waals surface area contributed by atoms with E-state index in [0.717, 1.165) is 19.6 Å². The molecule has 0 radical (unpaired) electrons. The Labute approximate surface area is 85.8 Å². The summed E-state index contributed by atoms with van der Waals surface area (Å²) in [6.07, 6.45) is 3.47. The molecule has 1 heterocycles. The van der Waals surface area contributed by atoms with E-state index in [1.54, 1.807) is 0 Å². The molecule has 0 saturated carbocycles. The first kappa shape index (κ1) is 10.7. The Morgan fingerprint density at radius 3 is 2.92 bits per heavy atom. The predicted octanol–water partition coefficient (Wildman–Crippen LogP) is 1.56. The first-order valence-electron chi connectivity index (χ1n) is 4.77. The summed E-state index contributed by atoms with van der Waals surface area (Å²) in [6, 6.07) is 0. The van der Waals surface area contributed by atoms with Crippen molar-refractivity contribution in [2.45, 2.75) is 20.3 Å². The van der Waals surface area contributed by atoms with Gasteiger partial charge in [-0.2, -0.15) is 0 Å². The van der Waals surface area contributed by atoms with E-state index < -0.39 is 0 Å². The zero-order valence-corrected chi connectivity index (χ0v) is 9.23. The van der Waals surface area contributed by atoms with Crippen LogP contribution in [-0.2, 0) is 0 Å². The van der Waals surface area contributed by atoms with Gasteiger partial charge < -0.3 is 5.73 Å². The molecule has 0 bridgehead atoms. The summed E-state index contributed by atoms with van der Waals surface area (Å²) in [5, 5.41) is 0. The van der Waals surface area contributed by atoms with E-state index in [1.807, 2.05) is 0 Å². The number of nitrogens with zero attached hydrogens (tertiary/aromatic N) is 1. The summed E-state index contributed by atoms with van der Waals surface area (Å²) in [5.41, 5.74) is 7.07. The third-order valence-corrected chi connectivity index (χ3v) is 2.94. The first-order chi connectivity index (χ1) is 6.09. The minimum atomic E-state index is 0.335. The van der Waals surface area contributed by atoms with Crippen LogP contribution < -0.4 is 5.73 Å². The van der Waals surface area contributed by atoms with Gasteiger partial charge in [-0.05, 0) is 13.3 Å². The van der Waals surface area contributed by atoms with Gasteiger partial charge in [-0.25, -0.2) is 0 Å². The summed E-state index contributed by atoms with van der Waals surface area (Å²) in [6.45, 7) is 7.48. The molecule has 2 N–H and O–H groups in total. The molecule has 0 fully saturated rings. The quantitative estimate of drug-likeness (QED) is 0.551. The first-order valence-corrected chi connectivity index (χ1v) is 5.17. The molecule has 13 heavy (non-hydrogen) atoms. The van der Waals surface area contributed by atoms with E-state index in [2.05, 4.69) is 24.8 Å². The van der Waals surface area contributed by atoms with Gasteiger partial charge in [0.15, 0.2) is 0 Å². The molecule has 1 unspecified atom stereocenters. The normalized spacial score (nSPS) is 20.9. The van der Waals surface area contributed by atoms with Crippen LogP contribution in [0, 0.1) is 5.92 Å². The third-order valence-electron chi connectivity index (χ3n) is 2.54. The Morgan fingerprint density at radius 1 is 1.77 bits per heavy atom. The van der Waals surface area contributed by atoms with Crippen molar-refractivity contribution in [1.82, 2.24) is 4.90 Å². The van der Waals surface area contributed by atoms with Crippen molar-refractivity contribution in [2.24, 2.45) is 11.7 Å². The van der Waals surface area contributed by atoms with Gasteiger partial charge in [-0.15, -0.1) is 0 Å². The van der Waals surface area contributed by atoms with Crippen LogP contribution in [0.15, 0.2) is 11.6 Å². The van der Waals surface area contributed by atoms with Crippen molar-refractivity contribution in [2.75, 3.05) is 19.6 Å². The van der Waals surface area contributed by atoms with Crippen LogP contribution in [0.1, 0.15) is 20.3 Å². The fourth-order valence-electron chi connectivity index (χ4n) is 1.46.